The van der Waals surface area contributed by atoms with Crippen molar-refractivity contribution in [3.8, 4) is 73.3 Å². The van der Waals surface area contributed by atoms with E-state index in [1.807, 2.05) is 92.7 Å². The second kappa shape index (κ2) is 52.5. The molecule has 149 heavy (non-hydrogen) atoms. The van der Waals surface area contributed by atoms with Gasteiger partial charge in [-0.15, -0.1) is 0 Å². The largest absolute Gasteiger partial charge is 0.496 e. The van der Waals surface area contributed by atoms with Gasteiger partial charge in [0.1, 0.15) is 34.6 Å². The highest BCUT2D eigenvalue weighted by atomic mass is 35.5. The quantitative estimate of drug-likeness (QED) is 0.0102. The molecule has 4 saturated heterocycles. The van der Waals surface area contributed by atoms with Crippen molar-refractivity contribution in [2.45, 2.75) is 162 Å². The van der Waals surface area contributed by atoms with Crippen LogP contribution in [0.5, 0.6) is 28.7 Å². The van der Waals surface area contributed by atoms with E-state index in [4.69, 9.17) is 87.8 Å². The maximum Gasteiger partial charge on any atom is 0.265 e. The molecule has 4 heterocycles. The van der Waals surface area contributed by atoms with Gasteiger partial charge in [-0.2, -0.15) is 0 Å². The first-order valence-electron chi connectivity index (χ1n) is 48.6. The smallest absolute Gasteiger partial charge is 0.265 e. The lowest BCUT2D eigenvalue weighted by atomic mass is 9.98. The Hall–Kier alpha value is -12.2. The van der Waals surface area contributed by atoms with Crippen molar-refractivity contribution in [3.63, 3.8) is 0 Å². The fraction of sp³-hybridized carbons (Fsp3) is 0.321. The molecule has 790 valence electrons. The molecular formula is C112H120Cl3FN4O25S4. The standard InChI is InChI=1S/C29H33NO7S.C28H30ClNO6S.C28H30FNO6S.C27H27Cl2NO6S/c1-21-19-24(8-13-27(21)35-2)23-7-3-5-22(20-23)6-4-16-37-25-9-11-26(12-10-25)38(33,34)29(28(31)30-32)14-17-36-18-15-29;2*1-20-18-23(7-12-26(20)29)22-6-2-4-21(19-22)5-3-15-36-24-8-10-25(11-9-24)37(33,34)28(27(31)30-32)13-16-35-17-14-28;28-24-11-6-21(18-25(24)29)20-5-1-3-19(17-20)4-2-14-36-22-7-9-23(10-8-22)37(33,34)27(26(31)30-32)12-15-35-16-13-27/h3,5,7-13,19-20,32H,4,6,14-18H2,1-2H3,(H,30,31);2*2,4,6-12,18-19,32H,3,5,13-17H2,1H3,(H,30,31);1,3,5-11,17-18,32H,2,4,12-16H2,(H,30,31). The third kappa shape index (κ3) is 27.4. The first kappa shape index (κ1) is 114. The number of aryl methyl sites for hydroxylation is 7. The van der Waals surface area contributed by atoms with Crippen molar-refractivity contribution in [1.82, 2.24) is 21.9 Å². The third-order valence-corrected chi connectivity index (χ3v) is 38.3. The number of methoxy groups -OCH3 is 1. The van der Waals surface area contributed by atoms with Gasteiger partial charge in [-0.25, -0.2) is 60.0 Å². The van der Waals surface area contributed by atoms with Gasteiger partial charge in [0.25, 0.3) is 23.6 Å². The molecule has 0 unspecified atom stereocenters. The number of hydroxylamine groups is 4. The van der Waals surface area contributed by atoms with Crippen molar-refractivity contribution in [2.75, 3.05) is 86.4 Å². The van der Waals surface area contributed by atoms with Gasteiger partial charge in [-0.3, -0.25) is 40.0 Å². The first-order valence-corrected chi connectivity index (χ1v) is 55.7. The summed E-state index contributed by atoms with van der Waals surface area (Å²) >= 11 is 18.3. The Morgan fingerprint density at radius 2 is 0.544 bits per heavy atom. The second-order valence-electron chi connectivity index (χ2n) is 36.4. The molecule has 0 atom stereocenters. The number of carbonyl (C=O) groups is 4. The maximum atomic E-state index is 13.6. The molecule has 12 aromatic rings. The number of sulfone groups is 4. The van der Waals surface area contributed by atoms with Crippen LogP contribution in [0.2, 0.25) is 15.1 Å². The molecule has 0 aromatic heterocycles. The van der Waals surface area contributed by atoms with Gasteiger partial charge in [0, 0.05) is 57.9 Å². The average Bonchev–Trinajstić information content (AvgIpc) is 0.757. The van der Waals surface area contributed by atoms with Crippen LogP contribution in [0.4, 0.5) is 4.39 Å². The number of benzene rings is 12. The molecule has 4 aliphatic heterocycles. The summed E-state index contributed by atoms with van der Waals surface area (Å²) in [6, 6.07) is 79.9. The van der Waals surface area contributed by atoms with Crippen LogP contribution in [0.15, 0.2) is 287 Å². The maximum absolute atomic E-state index is 13.6. The lowest BCUT2D eigenvalue weighted by Crippen LogP contribution is -2.54. The van der Waals surface area contributed by atoms with Gasteiger partial charge in [0.2, 0.25) is 0 Å². The molecule has 4 amide bonds. The van der Waals surface area contributed by atoms with E-state index in [1.165, 1.54) is 87.6 Å². The minimum absolute atomic E-state index is 0.000369. The van der Waals surface area contributed by atoms with E-state index in [2.05, 4.69) is 72.8 Å². The molecule has 0 bridgehead atoms. The summed E-state index contributed by atoms with van der Waals surface area (Å²) in [6.07, 6.45) is 6.02. The topological polar surface area (TPSA) is 417 Å². The normalized spacial score (nSPS) is 15.2. The van der Waals surface area contributed by atoms with Crippen LogP contribution in [0, 0.1) is 26.6 Å². The lowest BCUT2D eigenvalue weighted by Gasteiger charge is -2.34. The fourth-order valence-corrected chi connectivity index (χ4v) is 26.5. The third-order valence-electron chi connectivity index (χ3n) is 27.0. The molecule has 0 aliphatic carbocycles. The summed E-state index contributed by atoms with van der Waals surface area (Å²) in [5.74, 6) is -1.00. The number of hydrogen-bond acceptors (Lipinski definition) is 25. The minimum Gasteiger partial charge on any atom is -0.496 e. The predicted molar refractivity (Wildman–Crippen MR) is 564 cm³/mol. The number of rotatable bonds is 37. The van der Waals surface area contributed by atoms with Gasteiger partial charge in [0.15, 0.2) is 58.3 Å². The highest BCUT2D eigenvalue weighted by Gasteiger charge is 2.56. The summed E-state index contributed by atoms with van der Waals surface area (Å²) < 4.78 is 163. The minimum atomic E-state index is -4.07. The van der Waals surface area contributed by atoms with E-state index in [9.17, 15) is 67.7 Å². The van der Waals surface area contributed by atoms with Crippen LogP contribution in [0.25, 0.3) is 44.5 Å². The van der Waals surface area contributed by atoms with Gasteiger partial charge in [-0.05, 0) is 353 Å². The van der Waals surface area contributed by atoms with Crippen molar-refractivity contribution >= 4 is 97.8 Å². The monoisotopic (exact) mass is 2170 g/mol. The molecular weight excluding hydrogens is 2050 g/mol. The zero-order valence-corrected chi connectivity index (χ0v) is 88.2. The Kier molecular flexibility index (Phi) is 40.1. The number of halogens is 4. The SMILES string of the molecule is COc1ccc(-c2cccc(CCCOc3ccc(S(=O)(=O)C4(C(=O)NO)CCOCC4)cc3)c2)cc1C.Cc1cc(-c2cccc(CCCOc3ccc(S(=O)(=O)C4(C(=O)NO)CCOCC4)cc3)c2)ccc1Cl.Cc1cc(-c2cccc(CCCOc3ccc(S(=O)(=O)C4(C(=O)NO)CCOCC4)cc3)c2)ccc1F.O=C(NO)C1(S(=O)(=O)c2ccc(OCCCc3cccc(-c4ccc(Cl)c(Cl)c4)c3)cc2)CCOCC1. The lowest BCUT2D eigenvalue weighted by molar-refractivity contribution is -0.135. The van der Waals surface area contributed by atoms with Crippen LogP contribution in [0.3, 0.4) is 0 Å². The van der Waals surface area contributed by atoms with E-state index in [0.29, 0.717) is 65.0 Å². The second-order valence-corrected chi connectivity index (χ2v) is 46.7. The van der Waals surface area contributed by atoms with Crippen molar-refractivity contribution < 1.29 is 121 Å². The van der Waals surface area contributed by atoms with E-state index in [-0.39, 0.29) is 130 Å². The van der Waals surface area contributed by atoms with Crippen LogP contribution >= 0.6 is 34.8 Å². The Morgan fingerprint density at radius 3 is 0.792 bits per heavy atom. The molecule has 37 heteroatoms. The Balaban J connectivity index is 0.000000166. The van der Waals surface area contributed by atoms with Crippen molar-refractivity contribution in [1.29, 1.82) is 0 Å². The fourth-order valence-electron chi connectivity index (χ4n) is 18.3. The summed E-state index contributed by atoms with van der Waals surface area (Å²) in [5, 5.41) is 38.5. The highest BCUT2D eigenvalue weighted by molar-refractivity contribution is 7.94. The van der Waals surface area contributed by atoms with Gasteiger partial charge >= 0.3 is 0 Å². The van der Waals surface area contributed by atoms with Crippen molar-refractivity contribution in [2.24, 2.45) is 0 Å². The van der Waals surface area contributed by atoms with E-state index < -0.39 is 82.0 Å². The molecule has 0 radical (unpaired) electrons. The number of ether oxygens (including phenoxy) is 9. The predicted octanol–water partition coefficient (Wildman–Crippen LogP) is 19.8. The summed E-state index contributed by atoms with van der Waals surface area (Å²) in [6.45, 7) is 8.50. The van der Waals surface area contributed by atoms with E-state index in [1.54, 1.807) is 74.7 Å². The van der Waals surface area contributed by atoms with Crippen LogP contribution in [-0.4, -0.2) is 184 Å². The number of amides is 4. The summed E-state index contributed by atoms with van der Waals surface area (Å²) in [5.41, 5.74) is 22.0. The van der Waals surface area contributed by atoms with Crippen molar-refractivity contribution in [3.05, 3.63) is 327 Å². The highest BCUT2D eigenvalue weighted by Crippen LogP contribution is 2.43. The van der Waals surface area contributed by atoms with Crippen LogP contribution in [0.1, 0.15) is 116 Å². The van der Waals surface area contributed by atoms with E-state index in [0.717, 1.165) is 129 Å². The summed E-state index contributed by atoms with van der Waals surface area (Å²) in [7, 11) is -14.6. The molecule has 29 nitrogen and oxygen atoms in total. The number of nitrogens with one attached hydrogen (secondary N) is 4. The molecule has 0 saturated carbocycles. The van der Waals surface area contributed by atoms with Gasteiger partial charge < -0.3 is 42.6 Å². The zero-order chi connectivity index (χ0) is 107. The van der Waals surface area contributed by atoms with Crippen LogP contribution < -0.4 is 45.6 Å². The van der Waals surface area contributed by atoms with Gasteiger partial charge in [0.05, 0.1) is 63.2 Å². The van der Waals surface area contributed by atoms with E-state index >= 15 is 0 Å². The molecule has 12 aromatic carbocycles. The first-order chi connectivity index (χ1) is 71.6. The molecule has 16 rings (SSSR count). The van der Waals surface area contributed by atoms with Gasteiger partial charge in [-0.1, -0.05) is 156 Å². The molecule has 0 spiro atoms. The Morgan fingerprint density at radius 1 is 0.302 bits per heavy atom. The average molecular weight is 2180 g/mol. The number of hydrogen-bond donors (Lipinski definition) is 8. The Bertz CT molecular complexity index is 6620. The van der Waals surface area contributed by atoms with Crippen LogP contribution in [-0.2, 0) is 103 Å². The Labute approximate surface area is 882 Å². The summed E-state index contributed by atoms with van der Waals surface area (Å²) in [4.78, 5) is 49.5. The number of carbonyl (C=O) groups excluding carboxylic acids is 4. The molecule has 8 N–H and O–H groups in total. The zero-order valence-electron chi connectivity index (χ0n) is 82.7. The molecule has 4 fully saturated rings. The molecule has 4 aliphatic rings.